The van der Waals surface area contributed by atoms with Crippen LogP contribution in [0.3, 0.4) is 0 Å². The predicted octanol–water partition coefficient (Wildman–Crippen LogP) is 7.52. The highest BCUT2D eigenvalue weighted by Crippen LogP contribution is 2.39. The molecule has 164 valence electrons. The van der Waals surface area contributed by atoms with Gasteiger partial charge >= 0.3 is 0 Å². The fourth-order valence-electron chi connectivity index (χ4n) is 5.37. The molecule has 2 nitrogen and oxygen atoms in total. The van der Waals surface area contributed by atoms with E-state index in [-0.39, 0.29) is 5.41 Å². The average molecular weight is 424 g/mol. The molecule has 1 heterocycles. The summed E-state index contributed by atoms with van der Waals surface area (Å²) in [5, 5.41) is 0. The normalized spacial score (nSPS) is 15.0. The van der Waals surface area contributed by atoms with Crippen molar-refractivity contribution in [3.05, 3.63) is 77.9 Å². The molecule has 0 bridgehead atoms. The van der Waals surface area contributed by atoms with Crippen LogP contribution in [-0.4, -0.2) is 4.57 Å². The van der Waals surface area contributed by atoms with E-state index in [0.717, 1.165) is 0 Å². The Morgan fingerprint density at radius 2 is 1.56 bits per heavy atom. The van der Waals surface area contributed by atoms with E-state index in [1.54, 1.807) is 0 Å². The van der Waals surface area contributed by atoms with Gasteiger partial charge in [0.05, 0.1) is 12.6 Å². The first-order valence-electron chi connectivity index (χ1n) is 12.1. The van der Waals surface area contributed by atoms with E-state index in [0.29, 0.717) is 6.04 Å². The number of aryl methyl sites for hydroxylation is 2. The lowest BCUT2D eigenvalue weighted by Gasteiger charge is -2.20. The molecule has 5 rings (SSSR count). The highest BCUT2D eigenvalue weighted by atomic mass is 15.2. The maximum Gasteiger partial charge on any atom is 0.290 e. The van der Waals surface area contributed by atoms with Crippen LogP contribution in [0, 0.1) is 6.92 Å². The molecule has 32 heavy (non-hydrogen) atoms. The molecule has 0 aliphatic heterocycles. The molecule has 4 aromatic rings. The summed E-state index contributed by atoms with van der Waals surface area (Å²) in [6, 6.07) is 25.4. The van der Waals surface area contributed by atoms with E-state index in [2.05, 4.69) is 111 Å². The molecule has 0 spiro atoms. The number of rotatable bonds is 3. The molecule has 0 unspecified atom stereocenters. The average Bonchev–Trinajstić information content (AvgIpc) is 3.40. The van der Waals surface area contributed by atoms with Gasteiger partial charge in [-0.05, 0) is 84.5 Å². The Balaban J connectivity index is 1.80. The molecule has 1 fully saturated rings. The zero-order valence-corrected chi connectivity index (χ0v) is 20.2. The molecular weight excluding hydrogens is 388 g/mol. The topological polar surface area (TPSA) is 8.81 Å². The number of hydrogen-bond acceptors (Lipinski definition) is 0. The fraction of sp³-hybridized carbons (Fsp3) is 0.367. The Labute approximate surface area is 192 Å². The minimum Gasteiger partial charge on any atom is -0.226 e. The molecule has 1 aliphatic carbocycles. The van der Waals surface area contributed by atoms with Crippen molar-refractivity contribution in [2.24, 2.45) is 7.05 Å². The Kier molecular flexibility index (Phi) is 5.20. The minimum absolute atomic E-state index is 0.131. The summed E-state index contributed by atoms with van der Waals surface area (Å²) in [5.41, 5.74) is 9.48. The summed E-state index contributed by atoms with van der Waals surface area (Å²) in [7, 11) is 2.24. The summed E-state index contributed by atoms with van der Waals surface area (Å²) in [5.74, 6) is 1.35. The van der Waals surface area contributed by atoms with Gasteiger partial charge < -0.3 is 0 Å². The number of aromatic nitrogens is 2. The van der Waals surface area contributed by atoms with Crippen molar-refractivity contribution >= 4 is 11.0 Å². The number of hydrogen-bond donors (Lipinski definition) is 0. The van der Waals surface area contributed by atoms with Crippen molar-refractivity contribution in [3.63, 3.8) is 0 Å². The van der Waals surface area contributed by atoms with Gasteiger partial charge in [0.25, 0.3) is 5.82 Å². The van der Waals surface area contributed by atoms with Gasteiger partial charge in [-0.2, -0.15) is 0 Å². The van der Waals surface area contributed by atoms with Crippen LogP contribution in [0.1, 0.15) is 63.6 Å². The Hall–Kier alpha value is -2.87. The van der Waals surface area contributed by atoms with E-state index in [9.17, 15) is 0 Å². The van der Waals surface area contributed by atoms with Gasteiger partial charge in [0.15, 0.2) is 11.0 Å². The standard InChI is InChI=1S/C30H35N2/c1-21-15-17-24(30(2,3)4)20-26(21)29-31(5)27-18-16-23(22-11-7-6-8-12-22)19-28(27)32(29)25-13-9-10-14-25/h6-8,11-12,15-20,25H,9-10,13-14H2,1-5H3/q+1. The molecule has 1 saturated carbocycles. The van der Waals surface area contributed by atoms with E-state index in [1.807, 2.05) is 0 Å². The SMILES string of the molecule is Cc1ccc(C(C)(C)C)cc1-c1n(C2CCCC2)c2cc(-c3ccccc3)ccc2[n+]1C. The zero-order chi connectivity index (χ0) is 22.5. The molecule has 0 N–H and O–H groups in total. The van der Waals surface area contributed by atoms with Crippen LogP contribution in [-0.2, 0) is 12.5 Å². The third-order valence-corrected chi connectivity index (χ3v) is 7.28. The van der Waals surface area contributed by atoms with Crippen LogP contribution >= 0.6 is 0 Å². The fourth-order valence-corrected chi connectivity index (χ4v) is 5.37. The Morgan fingerprint density at radius 1 is 0.844 bits per heavy atom. The number of nitrogens with zero attached hydrogens (tertiary/aromatic N) is 2. The molecule has 3 aromatic carbocycles. The zero-order valence-electron chi connectivity index (χ0n) is 20.2. The minimum atomic E-state index is 0.131. The first-order chi connectivity index (χ1) is 15.3. The number of imidazole rings is 1. The summed E-state index contributed by atoms with van der Waals surface area (Å²) in [4.78, 5) is 0. The number of fused-ring (bicyclic) bond motifs is 1. The van der Waals surface area contributed by atoms with Crippen molar-refractivity contribution in [1.29, 1.82) is 0 Å². The molecule has 0 radical (unpaired) electrons. The van der Waals surface area contributed by atoms with Crippen LogP contribution < -0.4 is 4.57 Å². The van der Waals surface area contributed by atoms with Gasteiger partial charge in [0.2, 0.25) is 0 Å². The van der Waals surface area contributed by atoms with E-state index >= 15 is 0 Å². The first kappa shape index (κ1) is 21.0. The van der Waals surface area contributed by atoms with E-state index < -0.39 is 0 Å². The lowest BCUT2D eigenvalue weighted by atomic mass is 9.85. The molecule has 1 aromatic heterocycles. The smallest absolute Gasteiger partial charge is 0.226 e. The molecule has 0 amide bonds. The highest BCUT2D eigenvalue weighted by molar-refractivity contribution is 5.83. The van der Waals surface area contributed by atoms with Crippen LogP contribution in [0.5, 0.6) is 0 Å². The van der Waals surface area contributed by atoms with Gasteiger partial charge in [-0.25, -0.2) is 9.13 Å². The third kappa shape index (κ3) is 3.56. The summed E-state index contributed by atoms with van der Waals surface area (Å²) < 4.78 is 5.10. The Bertz CT molecular complexity index is 1270. The third-order valence-electron chi connectivity index (χ3n) is 7.28. The highest BCUT2D eigenvalue weighted by Gasteiger charge is 2.33. The lowest BCUT2D eigenvalue weighted by Crippen LogP contribution is -2.31. The van der Waals surface area contributed by atoms with Gasteiger partial charge in [-0.1, -0.05) is 63.2 Å². The number of benzene rings is 3. The van der Waals surface area contributed by atoms with Gasteiger partial charge in [0, 0.05) is 0 Å². The first-order valence-corrected chi connectivity index (χ1v) is 12.1. The molecule has 0 saturated heterocycles. The second-order valence-electron chi connectivity index (χ2n) is 10.5. The lowest BCUT2D eigenvalue weighted by molar-refractivity contribution is -0.634. The summed E-state index contributed by atoms with van der Waals surface area (Å²) in [6.45, 7) is 9.17. The van der Waals surface area contributed by atoms with Crippen molar-refractivity contribution in [2.75, 3.05) is 0 Å². The monoisotopic (exact) mass is 423 g/mol. The second-order valence-corrected chi connectivity index (χ2v) is 10.5. The molecule has 0 atom stereocenters. The van der Waals surface area contributed by atoms with Crippen molar-refractivity contribution < 1.29 is 4.57 Å². The van der Waals surface area contributed by atoms with Gasteiger partial charge in [-0.3, -0.25) is 0 Å². The van der Waals surface area contributed by atoms with Crippen molar-refractivity contribution in [3.8, 4) is 22.5 Å². The molecule has 1 aliphatic rings. The molecule has 2 heteroatoms. The van der Waals surface area contributed by atoms with Crippen LogP contribution in [0.2, 0.25) is 0 Å². The maximum absolute atomic E-state index is 2.67. The van der Waals surface area contributed by atoms with Gasteiger partial charge in [-0.15, -0.1) is 0 Å². The second kappa shape index (κ2) is 7.92. The summed E-state index contributed by atoms with van der Waals surface area (Å²) in [6.07, 6.45) is 5.19. The van der Waals surface area contributed by atoms with Crippen LogP contribution in [0.15, 0.2) is 66.7 Å². The van der Waals surface area contributed by atoms with Crippen LogP contribution in [0.4, 0.5) is 0 Å². The van der Waals surface area contributed by atoms with Crippen molar-refractivity contribution in [1.82, 2.24) is 4.57 Å². The maximum atomic E-state index is 2.67. The van der Waals surface area contributed by atoms with Gasteiger partial charge in [0.1, 0.15) is 6.04 Å². The predicted molar refractivity (Wildman–Crippen MR) is 135 cm³/mol. The summed E-state index contributed by atoms with van der Waals surface area (Å²) >= 11 is 0. The quantitative estimate of drug-likeness (QED) is 0.301. The largest absolute Gasteiger partial charge is 0.290 e. The van der Waals surface area contributed by atoms with Crippen LogP contribution in [0.25, 0.3) is 33.5 Å². The Morgan fingerprint density at radius 3 is 2.25 bits per heavy atom. The van der Waals surface area contributed by atoms with Crippen molar-refractivity contribution in [2.45, 2.75) is 64.8 Å². The molecular formula is C30H35N2+. The van der Waals surface area contributed by atoms with E-state index in [4.69, 9.17) is 0 Å². The van der Waals surface area contributed by atoms with E-state index in [1.165, 1.54) is 70.4 Å².